The Labute approximate surface area is 157 Å². The fourth-order valence-electron chi connectivity index (χ4n) is 4.35. The molecule has 2 heterocycles. The third-order valence-electron chi connectivity index (χ3n) is 6.10. The lowest BCUT2D eigenvalue weighted by atomic mass is 9.98. The van der Waals surface area contributed by atoms with E-state index in [2.05, 4.69) is 65.3 Å². The van der Waals surface area contributed by atoms with Crippen LogP contribution in [0.4, 0.5) is 5.69 Å². The number of nitrogens with zero attached hydrogens (tertiary/aromatic N) is 2. The van der Waals surface area contributed by atoms with Gasteiger partial charge in [0.05, 0.1) is 6.10 Å². The lowest BCUT2D eigenvalue weighted by Gasteiger charge is -2.41. The maximum Gasteiger partial charge on any atom is 0.0564 e. The molecule has 0 atom stereocenters. The highest BCUT2D eigenvalue weighted by Gasteiger charge is 2.27. The van der Waals surface area contributed by atoms with E-state index in [9.17, 15) is 5.11 Å². The second-order valence-corrected chi connectivity index (χ2v) is 7.90. The molecule has 1 N–H and O–H groups in total. The van der Waals surface area contributed by atoms with Crippen LogP contribution in [0.2, 0.25) is 0 Å². The van der Waals surface area contributed by atoms with Gasteiger partial charge in [-0.05, 0) is 55.9 Å². The van der Waals surface area contributed by atoms with E-state index in [1.165, 1.54) is 35.2 Å². The first kappa shape index (κ1) is 17.6. The van der Waals surface area contributed by atoms with Gasteiger partial charge in [0.15, 0.2) is 0 Å². The van der Waals surface area contributed by atoms with E-state index in [-0.39, 0.29) is 6.10 Å². The zero-order valence-corrected chi connectivity index (χ0v) is 15.8. The summed E-state index contributed by atoms with van der Waals surface area (Å²) in [5, 5.41) is 9.70. The average molecular weight is 351 g/mol. The predicted octanol–water partition coefficient (Wildman–Crippen LogP) is 4.09. The number of likely N-dealkylation sites (tertiary alicyclic amines) is 1. The number of hydrogen-bond acceptors (Lipinski definition) is 3. The summed E-state index contributed by atoms with van der Waals surface area (Å²) in [7, 11) is 0. The molecule has 3 heteroatoms. The van der Waals surface area contributed by atoms with Crippen molar-refractivity contribution >= 4 is 5.69 Å². The highest BCUT2D eigenvalue weighted by molar-refractivity contribution is 5.66. The van der Waals surface area contributed by atoms with Crippen LogP contribution in [0.1, 0.15) is 31.2 Å². The standard InChI is InChI=1S/C23H30N2O/c1-18-2-4-19(5-3-18)20-6-8-21(9-7-20)24-14-10-22(11-15-24)25-16-12-23(26)13-17-25/h2-9,22-23,26H,10-17H2,1H3. The zero-order chi connectivity index (χ0) is 17.9. The second kappa shape index (κ2) is 7.81. The number of hydrogen-bond donors (Lipinski definition) is 1. The van der Waals surface area contributed by atoms with Crippen molar-refractivity contribution in [2.75, 3.05) is 31.1 Å². The first-order valence-electron chi connectivity index (χ1n) is 10.0. The molecule has 0 radical (unpaired) electrons. The lowest BCUT2D eigenvalue weighted by molar-refractivity contribution is 0.0542. The summed E-state index contributed by atoms with van der Waals surface area (Å²) in [6.45, 7) is 6.53. The summed E-state index contributed by atoms with van der Waals surface area (Å²) in [6.07, 6.45) is 4.28. The fourth-order valence-corrected chi connectivity index (χ4v) is 4.35. The number of rotatable bonds is 3. The number of piperidine rings is 2. The van der Waals surface area contributed by atoms with E-state index in [4.69, 9.17) is 0 Å². The highest BCUT2D eigenvalue weighted by atomic mass is 16.3. The molecule has 4 rings (SSSR count). The molecule has 138 valence electrons. The number of aryl methyl sites for hydroxylation is 1. The van der Waals surface area contributed by atoms with Gasteiger partial charge in [-0.2, -0.15) is 0 Å². The van der Waals surface area contributed by atoms with Gasteiger partial charge >= 0.3 is 0 Å². The molecule has 2 saturated heterocycles. The average Bonchev–Trinajstić information content (AvgIpc) is 2.70. The Morgan fingerprint density at radius 2 is 1.27 bits per heavy atom. The van der Waals surface area contributed by atoms with Crippen LogP contribution in [0, 0.1) is 6.92 Å². The van der Waals surface area contributed by atoms with Crippen LogP contribution in [0.5, 0.6) is 0 Å². The smallest absolute Gasteiger partial charge is 0.0564 e. The van der Waals surface area contributed by atoms with E-state index >= 15 is 0 Å². The van der Waals surface area contributed by atoms with Crippen LogP contribution < -0.4 is 4.90 Å². The molecule has 2 aliphatic rings. The molecule has 0 unspecified atom stereocenters. The van der Waals surface area contributed by atoms with Gasteiger partial charge in [0.25, 0.3) is 0 Å². The Morgan fingerprint density at radius 1 is 0.731 bits per heavy atom. The third-order valence-corrected chi connectivity index (χ3v) is 6.10. The van der Waals surface area contributed by atoms with E-state index in [0.29, 0.717) is 6.04 Å². The van der Waals surface area contributed by atoms with E-state index in [1.807, 2.05) is 0 Å². The molecule has 26 heavy (non-hydrogen) atoms. The molecule has 2 aliphatic heterocycles. The topological polar surface area (TPSA) is 26.7 Å². The van der Waals surface area contributed by atoms with E-state index in [0.717, 1.165) is 39.0 Å². The van der Waals surface area contributed by atoms with Crippen LogP contribution in [0.15, 0.2) is 48.5 Å². The van der Waals surface area contributed by atoms with Crippen molar-refractivity contribution in [3.63, 3.8) is 0 Å². The van der Waals surface area contributed by atoms with Gasteiger partial charge in [-0.3, -0.25) is 0 Å². The molecular weight excluding hydrogens is 320 g/mol. The Morgan fingerprint density at radius 3 is 1.85 bits per heavy atom. The van der Waals surface area contributed by atoms with Crippen molar-refractivity contribution in [3.05, 3.63) is 54.1 Å². The monoisotopic (exact) mass is 350 g/mol. The van der Waals surface area contributed by atoms with Crippen LogP contribution in [0.3, 0.4) is 0 Å². The van der Waals surface area contributed by atoms with Crippen LogP contribution in [-0.4, -0.2) is 48.3 Å². The summed E-state index contributed by atoms with van der Waals surface area (Å²) in [5.41, 5.74) is 5.22. The predicted molar refractivity (Wildman–Crippen MR) is 109 cm³/mol. The molecule has 0 aliphatic carbocycles. The molecule has 0 amide bonds. The quantitative estimate of drug-likeness (QED) is 0.903. The minimum Gasteiger partial charge on any atom is -0.393 e. The van der Waals surface area contributed by atoms with Crippen molar-refractivity contribution in [3.8, 4) is 11.1 Å². The van der Waals surface area contributed by atoms with E-state index < -0.39 is 0 Å². The number of benzene rings is 2. The molecule has 2 fully saturated rings. The van der Waals surface area contributed by atoms with Crippen molar-refractivity contribution in [2.24, 2.45) is 0 Å². The number of anilines is 1. The summed E-state index contributed by atoms with van der Waals surface area (Å²) in [4.78, 5) is 5.12. The first-order valence-corrected chi connectivity index (χ1v) is 10.0. The molecule has 0 aromatic heterocycles. The number of aliphatic hydroxyl groups excluding tert-OH is 1. The van der Waals surface area contributed by atoms with Gasteiger partial charge < -0.3 is 14.9 Å². The lowest BCUT2D eigenvalue weighted by Crippen LogP contribution is -2.48. The molecular formula is C23H30N2O. The molecule has 2 aromatic carbocycles. The molecule has 2 aromatic rings. The Bertz CT molecular complexity index is 694. The van der Waals surface area contributed by atoms with Crippen LogP contribution in [0.25, 0.3) is 11.1 Å². The Kier molecular flexibility index (Phi) is 5.28. The minimum absolute atomic E-state index is 0.0709. The Hall–Kier alpha value is -1.84. The molecule has 0 saturated carbocycles. The summed E-state index contributed by atoms with van der Waals surface area (Å²) in [5.74, 6) is 0. The van der Waals surface area contributed by atoms with Crippen molar-refractivity contribution in [1.29, 1.82) is 0 Å². The summed E-state index contributed by atoms with van der Waals surface area (Å²) >= 11 is 0. The highest BCUT2D eigenvalue weighted by Crippen LogP contribution is 2.27. The normalized spacial score (nSPS) is 20.5. The van der Waals surface area contributed by atoms with Gasteiger partial charge in [-0.1, -0.05) is 42.0 Å². The third kappa shape index (κ3) is 3.94. The largest absolute Gasteiger partial charge is 0.393 e. The minimum atomic E-state index is -0.0709. The maximum atomic E-state index is 9.70. The summed E-state index contributed by atoms with van der Waals surface area (Å²) < 4.78 is 0. The van der Waals surface area contributed by atoms with Crippen molar-refractivity contribution < 1.29 is 5.11 Å². The maximum absolute atomic E-state index is 9.70. The van der Waals surface area contributed by atoms with Gasteiger partial charge in [0.2, 0.25) is 0 Å². The zero-order valence-electron chi connectivity index (χ0n) is 15.8. The van der Waals surface area contributed by atoms with Gasteiger partial charge in [-0.15, -0.1) is 0 Å². The Balaban J connectivity index is 1.35. The van der Waals surface area contributed by atoms with Crippen LogP contribution >= 0.6 is 0 Å². The van der Waals surface area contributed by atoms with Gasteiger partial charge in [0, 0.05) is 37.9 Å². The van der Waals surface area contributed by atoms with Gasteiger partial charge in [0.1, 0.15) is 0 Å². The van der Waals surface area contributed by atoms with Crippen LogP contribution in [-0.2, 0) is 0 Å². The SMILES string of the molecule is Cc1ccc(-c2ccc(N3CCC(N4CCC(O)CC4)CC3)cc2)cc1. The molecule has 0 spiro atoms. The molecule has 3 nitrogen and oxygen atoms in total. The first-order chi connectivity index (χ1) is 12.7. The molecule has 0 bridgehead atoms. The second-order valence-electron chi connectivity index (χ2n) is 7.90. The van der Waals surface area contributed by atoms with Crippen molar-refractivity contribution in [1.82, 2.24) is 4.90 Å². The summed E-state index contributed by atoms with van der Waals surface area (Å²) in [6, 6.07) is 18.5. The van der Waals surface area contributed by atoms with Crippen molar-refractivity contribution in [2.45, 2.75) is 44.8 Å². The van der Waals surface area contributed by atoms with E-state index in [1.54, 1.807) is 0 Å². The van der Waals surface area contributed by atoms with Gasteiger partial charge in [-0.25, -0.2) is 0 Å². The fraction of sp³-hybridized carbons (Fsp3) is 0.478. The number of aliphatic hydroxyl groups is 1.